The molecule has 0 heterocycles. The second-order valence-electron chi connectivity index (χ2n) is 17.1. The van der Waals surface area contributed by atoms with E-state index in [9.17, 15) is 14.3 Å². The van der Waals surface area contributed by atoms with Crippen LogP contribution >= 0.6 is 7.82 Å². The number of carbonyl (C=O) groups excluding carboxylic acids is 1. The van der Waals surface area contributed by atoms with E-state index in [0.717, 1.165) is 77.0 Å². The zero-order valence-corrected chi connectivity index (χ0v) is 39.8. The van der Waals surface area contributed by atoms with Gasteiger partial charge in [0.15, 0.2) is 0 Å². The number of likely N-dealkylation sites (N-methyl/N-ethyl adjacent to an activating group) is 1. The van der Waals surface area contributed by atoms with Crippen LogP contribution in [0.3, 0.4) is 0 Å². The molecule has 0 radical (unpaired) electrons. The first kappa shape index (κ1) is 57.2. The highest BCUT2D eigenvalue weighted by atomic mass is 31.2. The Morgan fingerprint density at radius 3 is 1.47 bits per heavy atom. The Bertz CT molecular complexity index is 1130. The molecule has 0 aromatic rings. The Balaban J connectivity index is 4.18. The van der Waals surface area contributed by atoms with Crippen molar-refractivity contribution in [2.75, 3.05) is 54.1 Å². The number of carbonyl (C=O) groups is 1. The number of unbranched alkanes of at least 4 members (excludes halogenated alkanes) is 20. The lowest BCUT2D eigenvalue weighted by Crippen LogP contribution is -2.37. The fourth-order valence-corrected chi connectivity index (χ4v) is 7.08. The van der Waals surface area contributed by atoms with Gasteiger partial charge in [-0.3, -0.25) is 9.36 Å². The van der Waals surface area contributed by atoms with Gasteiger partial charge in [-0.2, -0.15) is 0 Å². The standard InChI is InChI=1S/C50H92NO7P/c1-6-8-10-12-14-16-18-20-22-23-24-25-26-27-28-30-32-34-36-38-40-42-45-55-47-49(48-57-59(53,54)56-46-44-51(3,4)5)58-50(52)43-41-39-37-35-33-31-29-21-19-17-15-13-11-9-7-2/h9,11,15,17-18,20-21,23-24,29,49H,6-8,10,12-14,16,19,22,25-28,30-48H2,1-5H3/b11-9-,17-15-,20-18-,24-23-,29-21-. The van der Waals surface area contributed by atoms with Crippen molar-refractivity contribution in [3.05, 3.63) is 60.8 Å². The second-order valence-corrected chi connectivity index (χ2v) is 18.5. The van der Waals surface area contributed by atoms with Crippen LogP contribution in [-0.4, -0.2) is 70.7 Å². The van der Waals surface area contributed by atoms with Crippen LogP contribution < -0.4 is 4.89 Å². The summed E-state index contributed by atoms with van der Waals surface area (Å²) < 4.78 is 34.6. The summed E-state index contributed by atoms with van der Waals surface area (Å²) >= 11 is 0. The van der Waals surface area contributed by atoms with E-state index in [-0.39, 0.29) is 25.8 Å². The number of phosphoric ester groups is 1. The third kappa shape index (κ3) is 47.1. The Labute approximate surface area is 364 Å². The summed E-state index contributed by atoms with van der Waals surface area (Å²) in [7, 11) is 1.34. The lowest BCUT2D eigenvalue weighted by molar-refractivity contribution is -0.870. The number of esters is 1. The third-order valence-corrected chi connectivity index (χ3v) is 11.0. The average molecular weight is 850 g/mol. The first-order valence-corrected chi connectivity index (χ1v) is 25.5. The van der Waals surface area contributed by atoms with Crippen LogP contribution in [-0.2, 0) is 27.9 Å². The fraction of sp³-hybridized carbons (Fsp3) is 0.780. The maximum absolute atomic E-state index is 12.7. The van der Waals surface area contributed by atoms with Crippen LogP contribution in [0, 0.1) is 0 Å². The zero-order valence-electron chi connectivity index (χ0n) is 38.9. The highest BCUT2D eigenvalue weighted by Crippen LogP contribution is 2.38. The van der Waals surface area contributed by atoms with Gasteiger partial charge in [0.1, 0.15) is 19.3 Å². The lowest BCUT2D eigenvalue weighted by Gasteiger charge is -2.28. The number of hydrogen-bond donors (Lipinski definition) is 0. The highest BCUT2D eigenvalue weighted by molar-refractivity contribution is 7.45. The highest BCUT2D eigenvalue weighted by Gasteiger charge is 2.20. The van der Waals surface area contributed by atoms with Crippen LogP contribution in [0.4, 0.5) is 0 Å². The predicted octanol–water partition coefficient (Wildman–Crippen LogP) is 13.9. The Morgan fingerprint density at radius 2 is 0.983 bits per heavy atom. The van der Waals surface area contributed by atoms with Gasteiger partial charge in [-0.25, -0.2) is 0 Å². The van der Waals surface area contributed by atoms with Gasteiger partial charge in [-0.05, 0) is 77.0 Å². The molecule has 0 aromatic heterocycles. The molecule has 59 heavy (non-hydrogen) atoms. The molecule has 0 rings (SSSR count). The summed E-state index contributed by atoms with van der Waals surface area (Å²) in [5.74, 6) is -0.353. The molecule has 344 valence electrons. The van der Waals surface area contributed by atoms with Crippen LogP contribution in [0.15, 0.2) is 60.8 Å². The summed E-state index contributed by atoms with van der Waals surface area (Å²) in [6, 6.07) is 0. The number of phosphoric acid groups is 1. The van der Waals surface area contributed by atoms with Gasteiger partial charge in [-0.15, -0.1) is 0 Å². The number of rotatable bonds is 44. The third-order valence-electron chi connectivity index (χ3n) is 10.1. The van der Waals surface area contributed by atoms with Gasteiger partial charge in [0, 0.05) is 13.0 Å². The van der Waals surface area contributed by atoms with Crippen LogP contribution in [0.1, 0.15) is 194 Å². The number of quaternary nitrogens is 1. The smallest absolute Gasteiger partial charge is 0.306 e. The molecule has 2 unspecified atom stereocenters. The number of nitrogens with zero attached hydrogens (tertiary/aromatic N) is 1. The maximum atomic E-state index is 12.7. The zero-order chi connectivity index (χ0) is 43.4. The van der Waals surface area contributed by atoms with Crippen LogP contribution in [0.2, 0.25) is 0 Å². The quantitative estimate of drug-likeness (QED) is 0.0198. The van der Waals surface area contributed by atoms with E-state index in [1.807, 2.05) is 21.1 Å². The van der Waals surface area contributed by atoms with Gasteiger partial charge in [-0.1, -0.05) is 171 Å². The first-order chi connectivity index (χ1) is 28.6. The van der Waals surface area contributed by atoms with Gasteiger partial charge < -0.3 is 27.9 Å². The minimum Gasteiger partial charge on any atom is -0.756 e. The van der Waals surface area contributed by atoms with E-state index < -0.39 is 13.9 Å². The van der Waals surface area contributed by atoms with E-state index in [2.05, 4.69) is 74.6 Å². The molecular formula is C50H92NO7P. The topological polar surface area (TPSA) is 94.1 Å². The van der Waals surface area contributed by atoms with Crippen molar-refractivity contribution in [2.24, 2.45) is 0 Å². The SMILES string of the molecule is CC/C=C\C/C=C\C/C=C\CCCCCCCC(=O)OC(COCCCCCCCCCCCC/C=C\C/C=C\CCCCCCC)COP(=O)([O-])OCC[N+](C)(C)C. The largest absolute Gasteiger partial charge is 0.756 e. The number of allylic oxidation sites excluding steroid dienone is 10. The molecule has 2 atom stereocenters. The van der Waals surface area contributed by atoms with Crippen molar-refractivity contribution in [3.8, 4) is 0 Å². The summed E-state index contributed by atoms with van der Waals surface area (Å²) in [5, 5.41) is 0. The molecule has 0 saturated heterocycles. The van der Waals surface area contributed by atoms with E-state index >= 15 is 0 Å². The summed E-state index contributed by atoms with van der Waals surface area (Å²) in [6.07, 6.45) is 53.8. The van der Waals surface area contributed by atoms with Crippen molar-refractivity contribution >= 4 is 13.8 Å². The normalized spacial score (nSPS) is 14.2. The van der Waals surface area contributed by atoms with E-state index in [0.29, 0.717) is 24.1 Å². The van der Waals surface area contributed by atoms with Gasteiger partial charge in [0.2, 0.25) is 0 Å². The van der Waals surface area contributed by atoms with Crippen molar-refractivity contribution in [2.45, 2.75) is 200 Å². The maximum Gasteiger partial charge on any atom is 0.306 e. The molecule has 8 nitrogen and oxygen atoms in total. The molecule has 0 bridgehead atoms. The monoisotopic (exact) mass is 850 g/mol. The molecule has 9 heteroatoms. The minimum atomic E-state index is -4.54. The molecule has 0 spiro atoms. The molecule has 0 aliphatic carbocycles. The Kier molecular flexibility index (Phi) is 41.6. The molecule has 0 aliphatic heterocycles. The Morgan fingerprint density at radius 1 is 0.542 bits per heavy atom. The second kappa shape index (κ2) is 42.9. The molecular weight excluding hydrogens is 758 g/mol. The van der Waals surface area contributed by atoms with Crippen molar-refractivity contribution < 1.29 is 37.3 Å². The molecule has 0 N–H and O–H groups in total. The first-order valence-electron chi connectivity index (χ1n) is 24.0. The molecule has 0 saturated carbocycles. The van der Waals surface area contributed by atoms with Crippen LogP contribution in [0.25, 0.3) is 0 Å². The number of ether oxygens (including phenoxy) is 2. The van der Waals surface area contributed by atoms with Crippen molar-refractivity contribution in [1.82, 2.24) is 0 Å². The summed E-state index contributed by atoms with van der Waals surface area (Å²) in [4.78, 5) is 25.1. The average Bonchev–Trinajstić information content (AvgIpc) is 3.19. The number of hydrogen-bond acceptors (Lipinski definition) is 7. The molecule has 0 aromatic carbocycles. The summed E-state index contributed by atoms with van der Waals surface area (Å²) in [5.41, 5.74) is 0. The van der Waals surface area contributed by atoms with E-state index in [4.69, 9.17) is 18.5 Å². The van der Waals surface area contributed by atoms with E-state index in [1.165, 1.54) is 96.3 Å². The summed E-state index contributed by atoms with van der Waals surface area (Å²) in [6.45, 7) is 5.26. The van der Waals surface area contributed by atoms with Crippen molar-refractivity contribution in [1.29, 1.82) is 0 Å². The molecule has 0 amide bonds. The van der Waals surface area contributed by atoms with Gasteiger partial charge in [0.25, 0.3) is 7.82 Å². The van der Waals surface area contributed by atoms with Crippen molar-refractivity contribution in [3.63, 3.8) is 0 Å². The molecule has 0 aliphatic rings. The van der Waals surface area contributed by atoms with Crippen LogP contribution in [0.5, 0.6) is 0 Å². The van der Waals surface area contributed by atoms with Gasteiger partial charge >= 0.3 is 5.97 Å². The predicted molar refractivity (Wildman–Crippen MR) is 249 cm³/mol. The van der Waals surface area contributed by atoms with Gasteiger partial charge in [0.05, 0.1) is 34.4 Å². The van der Waals surface area contributed by atoms with E-state index in [1.54, 1.807) is 0 Å². The molecule has 0 fully saturated rings. The Hall–Kier alpha value is -1.80. The lowest BCUT2D eigenvalue weighted by atomic mass is 10.1. The fourth-order valence-electron chi connectivity index (χ4n) is 6.36. The minimum absolute atomic E-state index is 0.0195.